The van der Waals surface area contributed by atoms with Crippen LogP contribution < -0.4 is 4.90 Å². The summed E-state index contributed by atoms with van der Waals surface area (Å²) in [5.41, 5.74) is 13.0. The molecular weight excluding hydrogens is 627 g/mol. The zero-order valence-corrected chi connectivity index (χ0v) is 28.7. The molecule has 9 aromatic carbocycles. The maximum atomic E-state index is 2.44. The standard InChI is InChI=1S/C51H35N/c1-4-17-38(18-5-1)51(39-19-6-2-7-20-39)49-27-15-14-26-46(49)47-33-32-42(35-50(47)51)52(40-21-8-3-9-22-40)41-30-28-36(29-31-41)48-34-37-16-10-11-23-43(37)44-24-12-13-25-45(44)48/h1-35H. The zero-order chi connectivity index (χ0) is 34.5. The van der Waals surface area contributed by atoms with Gasteiger partial charge in [-0.05, 0) is 109 Å². The van der Waals surface area contributed by atoms with Gasteiger partial charge in [0.05, 0.1) is 5.41 Å². The van der Waals surface area contributed by atoms with Crippen LogP contribution >= 0.6 is 0 Å². The van der Waals surface area contributed by atoms with E-state index in [9.17, 15) is 0 Å². The molecule has 1 heteroatoms. The van der Waals surface area contributed by atoms with Crippen LogP contribution in [0.2, 0.25) is 0 Å². The third-order valence-corrected chi connectivity index (χ3v) is 10.9. The Morgan fingerprint density at radius 3 is 1.54 bits per heavy atom. The molecular formula is C51H35N. The van der Waals surface area contributed by atoms with Crippen LogP contribution in [0.1, 0.15) is 22.3 Å². The van der Waals surface area contributed by atoms with Gasteiger partial charge in [-0.2, -0.15) is 0 Å². The van der Waals surface area contributed by atoms with Gasteiger partial charge in [-0.3, -0.25) is 0 Å². The molecule has 0 aliphatic heterocycles. The highest BCUT2D eigenvalue weighted by Gasteiger charge is 2.46. The van der Waals surface area contributed by atoms with Crippen LogP contribution in [0.25, 0.3) is 43.8 Å². The predicted octanol–water partition coefficient (Wildman–Crippen LogP) is 13.5. The van der Waals surface area contributed by atoms with Crippen molar-refractivity contribution >= 4 is 38.6 Å². The lowest BCUT2D eigenvalue weighted by Crippen LogP contribution is -2.28. The summed E-state index contributed by atoms with van der Waals surface area (Å²) < 4.78 is 0. The van der Waals surface area contributed by atoms with E-state index < -0.39 is 5.41 Å². The predicted molar refractivity (Wildman–Crippen MR) is 219 cm³/mol. The molecule has 9 aromatic rings. The Morgan fingerprint density at radius 1 is 0.308 bits per heavy atom. The Kier molecular flexibility index (Phi) is 7.11. The molecule has 0 aromatic heterocycles. The Hall–Kier alpha value is -6.70. The molecule has 0 saturated heterocycles. The maximum Gasteiger partial charge on any atom is 0.0714 e. The molecule has 0 radical (unpaired) electrons. The van der Waals surface area contributed by atoms with E-state index in [-0.39, 0.29) is 0 Å². The quantitative estimate of drug-likeness (QED) is 0.160. The summed E-state index contributed by atoms with van der Waals surface area (Å²) in [5, 5.41) is 5.09. The monoisotopic (exact) mass is 661 g/mol. The van der Waals surface area contributed by atoms with Gasteiger partial charge in [0, 0.05) is 17.1 Å². The fraction of sp³-hybridized carbons (Fsp3) is 0.0196. The largest absolute Gasteiger partial charge is 0.310 e. The molecule has 0 atom stereocenters. The van der Waals surface area contributed by atoms with Gasteiger partial charge in [0.2, 0.25) is 0 Å². The first kappa shape index (κ1) is 30.2. The highest BCUT2D eigenvalue weighted by atomic mass is 15.1. The molecule has 0 saturated carbocycles. The third-order valence-electron chi connectivity index (χ3n) is 10.9. The Labute approximate surface area is 304 Å². The first-order valence-corrected chi connectivity index (χ1v) is 18.0. The minimum Gasteiger partial charge on any atom is -0.310 e. The van der Waals surface area contributed by atoms with E-state index in [1.54, 1.807) is 0 Å². The van der Waals surface area contributed by atoms with Gasteiger partial charge in [-0.1, -0.05) is 170 Å². The molecule has 0 fully saturated rings. The van der Waals surface area contributed by atoms with Gasteiger partial charge in [-0.25, -0.2) is 0 Å². The van der Waals surface area contributed by atoms with Crippen LogP contribution in [0, 0.1) is 0 Å². The second-order valence-electron chi connectivity index (χ2n) is 13.7. The van der Waals surface area contributed by atoms with Crippen molar-refractivity contribution in [2.45, 2.75) is 5.41 Å². The van der Waals surface area contributed by atoms with E-state index >= 15 is 0 Å². The first-order chi connectivity index (χ1) is 25.8. The molecule has 0 heterocycles. The van der Waals surface area contributed by atoms with E-state index in [1.807, 2.05) is 0 Å². The van der Waals surface area contributed by atoms with E-state index in [2.05, 4.69) is 217 Å². The summed E-state index contributed by atoms with van der Waals surface area (Å²) in [6.07, 6.45) is 0. The minimum atomic E-state index is -0.464. The number of nitrogens with zero attached hydrogens (tertiary/aromatic N) is 1. The normalized spacial score (nSPS) is 12.8. The van der Waals surface area contributed by atoms with E-state index in [0.717, 1.165) is 17.1 Å². The van der Waals surface area contributed by atoms with Crippen molar-refractivity contribution < 1.29 is 0 Å². The average molecular weight is 662 g/mol. The SMILES string of the molecule is c1ccc(N(c2ccc(-c3cc4ccccc4c4ccccc34)cc2)c2ccc3c(c2)C(c2ccccc2)(c2ccccc2)c2ccccc2-3)cc1. The highest BCUT2D eigenvalue weighted by Crippen LogP contribution is 2.57. The number of hydrogen-bond donors (Lipinski definition) is 0. The summed E-state index contributed by atoms with van der Waals surface area (Å²) in [4.78, 5) is 2.40. The van der Waals surface area contributed by atoms with Crippen molar-refractivity contribution in [3.05, 3.63) is 235 Å². The summed E-state index contributed by atoms with van der Waals surface area (Å²) in [7, 11) is 0. The average Bonchev–Trinajstić information content (AvgIpc) is 3.52. The number of para-hydroxylation sites is 1. The van der Waals surface area contributed by atoms with E-state index in [0.29, 0.717) is 0 Å². The van der Waals surface area contributed by atoms with Crippen LogP contribution in [0.15, 0.2) is 212 Å². The Morgan fingerprint density at radius 2 is 0.827 bits per heavy atom. The van der Waals surface area contributed by atoms with E-state index in [1.165, 1.54) is 66.1 Å². The Balaban J connectivity index is 1.16. The van der Waals surface area contributed by atoms with Gasteiger partial charge in [0.1, 0.15) is 0 Å². The van der Waals surface area contributed by atoms with Gasteiger partial charge in [0.15, 0.2) is 0 Å². The topological polar surface area (TPSA) is 3.24 Å². The van der Waals surface area contributed by atoms with Gasteiger partial charge >= 0.3 is 0 Å². The third kappa shape index (κ3) is 4.63. The molecule has 0 bridgehead atoms. The molecule has 52 heavy (non-hydrogen) atoms. The lowest BCUT2D eigenvalue weighted by molar-refractivity contribution is 0.768. The lowest BCUT2D eigenvalue weighted by atomic mass is 9.67. The van der Waals surface area contributed by atoms with Crippen molar-refractivity contribution in [2.75, 3.05) is 4.90 Å². The van der Waals surface area contributed by atoms with Crippen molar-refractivity contribution in [1.29, 1.82) is 0 Å². The molecule has 10 rings (SSSR count). The summed E-state index contributed by atoms with van der Waals surface area (Å²) >= 11 is 0. The fourth-order valence-corrected chi connectivity index (χ4v) is 8.68. The molecule has 244 valence electrons. The summed E-state index contributed by atoms with van der Waals surface area (Å²) in [5.74, 6) is 0. The van der Waals surface area contributed by atoms with Crippen LogP contribution in [0.3, 0.4) is 0 Å². The number of rotatable bonds is 6. The molecule has 1 aliphatic carbocycles. The number of benzene rings is 9. The van der Waals surface area contributed by atoms with Crippen LogP contribution in [0.5, 0.6) is 0 Å². The number of anilines is 3. The van der Waals surface area contributed by atoms with Crippen LogP contribution in [-0.4, -0.2) is 0 Å². The smallest absolute Gasteiger partial charge is 0.0714 e. The number of fused-ring (bicyclic) bond motifs is 6. The molecule has 0 N–H and O–H groups in total. The van der Waals surface area contributed by atoms with Gasteiger partial charge < -0.3 is 4.90 Å². The van der Waals surface area contributed by atoms with Gasteiger partial charge in [-0.15, -0.1) is 0 Å². The highest BCUT2D eigenvalue weighted by molar-refractivity contribution is 6.13. The first-order valence-electron chi connectivity index (χ1n) is 18.0. The maximum absolute atomic E-state index is 2.44. The minimum absolute atomic E-state index is 0.464. The molecule has 0 amide bonds. The summed E-state index contributed by atoms with van der Waals surface area (Å²) in [6.45, 7) is 0. The molecule has 0 unspecified atom stereocenters. The molecule has 0 spiro atoms. The lowest BCUT2D eigenvalue weighted by Gasteiger charge is -2.35. The molecule has 1 nitrogen and oxygen atoms in total. The number of hydrogen-bond acceptors (Lipinski definition) is 1. The van der Waals surface area contributed by atoms with Crippen LogP contribution in [0.4, 0.5) is 17.1 Å². The Bertz CT molecular complexity index is 2670. The molecule has 1 aliphatic rings. The van der Waals surface area contributed by atoms with Crippen LogP contribution in [-0.2, 0) is 5.41 Å². The zero-order valence-electron chi connectivity index (χ0n) is 28.7. The second kappa shape index (κ2) is 12.3. The van der Waals surface area contributed by atoms with Crippen molar-refractivity contribution in [3.63, 3.8) is 0 Å². The van der Waals surface area contributed by atoms with Gasteiger partial charge in [0.25, 0.3) is 0 Å². The van der Waals surface area contributed by atoms with Crippen molar-refractivity contribution in [3.8, 4) is 22.3 Å². The second-order valence-corrected chi connectivity index (χ2v) is 13.7. The van der Waals surface area contributed by atoms with E-state index in [4.69, 9.17) is 0 Å². The summed E-state index contributed by atoms with van der Waals surface area (Å²) in [6, 6.07) is 77.7. The van der Waals surface area contributed by atoms with Crippen molar-refractivity contribution in [1.82, 2.24) is 0 Å². The fourth-order valence-electron chi connectivity index (χ4n) is 8.68. The van der Waals surface area contributed by atoms with Crippen molar-refractivity contribution in [2.24, 2.45) is 0 Å².